The SMILES string of the molecule is Cc1nsc(N(CC#N)[C@@H](CC(C)C)C(N)=O)c1-c1ccc2cc(CO)ccc2c1. The van der Waals surface area contributed by atoms with Crippen LogP contribution in [0.1, 0.15) is 31.5 Å². The van der Waals surface area contributed by atoms with Crippen molar-refractivity contribution < 1.29 is 9.90 Å². The third-order valence-corrected chi connectivity index (χ3v) is 6.10. The van der Waals surface area contributed by atoms with Crippen molar-refractivity contribution >= 4 is 33.2 Å². The van der Waals surface area contributed by atoms with Crippen LogP contribution in [0.4, 0.5) is 5.00 Å². The molecule has 1 amide bonds. The van der Waals surface area contributed by atoms with Gasteiger partial charge in [0.05, 0.1) is 18.4 Å². The van der Waals surface area contributed by atoms with Crippen molar-refractivity contribution in [3.8, 4) is 17.2 Å². The molecule has 0 saturated carbocycles. The van der Waals surface area contributed by atoms with Crippen LogP contribution < -0.4 is 10.6 Å². The molecule has 1 atom stereocenters. The molecule has 3 N–H and O–H groups in total. The predicted octanol–water partition coefficient (Wildman–Crippen LogP) is 3.99. The van der Waals surface area contributed by atoms with Crippen LogP contribution in [0, 0.1) is 24.2 Å². The van der Waals surface area contributed by atoms with Gasteiger partial charge in [-0.05, 0) is 64.8 Å². The van der Waals surface area contributed by atoms with Crippen LogP contribution in [0.5, 0.6) is 0 Å². The van der Waals surface area contributed by atoms with E-state index >= 15 is 0 Å². The second-order valence-electron chi connectivity index (χ2n) is 7.84. The number of nitriles is 1. The minimum Gasteiger partial charge on any atom is -0.392 e. The van der Waals surface area contributed by atoms with Crippen molar-refractivity contribution in [3.05, 3.63) is 47.7 Å². The number of fused-ring (bicyclic) bond motifs is 1. The molecule has 0 saturated heterocycles. The number of nitrogens with two attached hydrogens (primary N) is 1. The minimum atomic E-state index is -0.573. The standard InChI is InChI=1S/C23H26N4O2S/c1-14(2)10-20(22(25)29)27(9-8-24)23-21(15(3)26-30-23)19-7-6-17-11-16(13-28)4-5-18(17)12-19/h4-7,11-12,14,20,28H,9-10,13H2,1-3H3,(H2,25,29)/t20-/m0/s1. The molecule has 0 spiro atoms. The molecule has 156 valence electrons. The van der Waals surface area contributed by atoms with E-state index in [1.807, 2.05) is 51.1 Å². The first-order valence-corrected chi connectivity index (χ1v) is 10.7. The Morgan fingerprint density at radius 1 is 1.27 bits per heavy atom. The number of aromatic nitrogens is 1. The molecule has 3 rings (SSSR count). The van der Waals surface area contributed by atoms with Gasteiger partial charge in [-0.1, -0.05) is 38.1 Å². The van der Waals surface area contributed by atoms with E-state index in [1.165, 1.54) is 11.5 Å². The van der Waals surface area contributed by atoms with Crippen molar-refractivity contribution in [2.24, 2.45) is 11.7 Å². The molecule has 0 bridgehead atoms. The fourth-order valence-corrected chi connectivity index (χ4v) is 4.65. The summed E-state index contributed by atoms with van der Waals surface area (Å²) >= 11 is 1.29. The monoisotopic (exact) mass is 422 g/mol. The van der Waals surface area contributed by atoms with Crippen LogP contribution in [0.15, 0.2) is 36.4 Å². The Balaban J connectivity index is 2.11. The molecule has 1 heterocycles. The zero-order chi connectivity index (χ0) is 21.8. The Morgan fingerprint density at radius 2 is 1.97 bits per heavy atom. The van der Waals surface area contributed by atoms with E-state index in [0.717, 1.165) is 38.2 Å². The highest BCUT2D eigenvalue weighted by molar-refractivity contribution is 7.11. The number of benzene rings is 2. The molecule has 0 aliphatic carbocycles. The van der Waals surface area contributed by atoms with E-state index in [-0.39, 0.29) is 19.1 Å². The molecule has 2 aromatic carbocycles. The van der Waals surface area contributed by atoms with E-state index in [0.29, 0.717) is 6.42 Å². The summed E-state index contributed by atoms with van der Waals surface area (Å²) in [6.45, 7) is 6.05. The lowest BCUT2D eigenvalue weighted by Crippen LogP contribution is -2.46. The van der Waals surface area contributed by atoms with Gasteiger partial charge in [-0.25, -0.2) is 0 Å². The Morgan fingerprint density at radius 3 is 2.60 bits per heavy atom. The summed E-state index contributed by atoms with van der Waals surface area (Å²) in [5.74, 6) is -0.187. The molecular weight excluding hydrogens is 396 g/mol. The highest BCUT2D eigenvalue weighted by Gasteiger charge is 2.29. The van der Waals surface area contributed by atoms with Crippen molar-refractivity contribution in [2.45, 2.75) is 39.8 Å². The van der Waals surface area contributed by atoms with Crippen LogP contribution in [0.25, 0.3) is 21.9 Å². The normalized spacial score (nSPS) is 12.1. The van der Waals surface area contributed by atoms with Gasteiger partial charge in [0.25, 0.3) is 0 Å². The number of carbonyl (C=O) groups excluding carboxylic acids is 1. The van der Waals surface area contributed by atoms with Gasteiger partial charge >= 0.3 is 0 Å². The number of aliphatic hydroxyl groups is 1. The number of hydrogen-bond acceptors (Lipinski definition) is 6. The summed E-state index contributed by atoms with van der Waals surface area (Å²) in [4.78, 5) is 14.0. The largest absolute Gasteiger partial charge is 0.392 e. The van der Waals surface area contributed by atoms with Gasteiger partial charge in [0.15, 0.2) is 0 Å². The summed E-state index contributed by atoms with van der Waals surface area (Å²) < 4.78 is 4.53. The Labute approximate surface area is 180 Å². The zero-order valence-corrected chi connectivity index (χ0v) is 18.2. The molecule has 0 radical (unpaired) electrons. The molecule has 3 aromatic rings. The van der Waals surface area contributed by atoms with Gasteiger partial charge in [-0.2, -0.15) is 9.64 Å². The lowest BCUT2D eigenvalue weighted by atomic mass is 9.98. The number of hydrogen-bond donors (Lipinski definition) is 2. The van der Waals surface area contributed by atoms with Gasteiger partial charge < -0.3 is 15.7 Å². The molecule has 0 unspecified atom stereocenters. The molecular formula is C23H26N4O2S. The topological polar surface area (TPSA) is 103 Å². The third kappa shape index (κ3) is 4.45. The molecule has 6 nitrogen and oxygen atoms in total. The van der Waals surface area contributed by atoms with Gasteiger partial charge in [-0.15, -0.1) is 0 Å². The first-order valence-electron chi connectivity index (χ1n) is 9.88. The first kappa shape index (κ1) is 21.8. The number of primary amides is 1. The summed E-state index contributed by atoms with van der Waals surface area (Å²) in [5, 5.41) is 21.7. The van der Waals surface area contributed by atoms with Crippen LogP contribution in [0.2, 0.25) is 0 Å². The van der Waals surface area contributed by atoms with Crippen molar-refractivity contribution in [2.75, 3.05) is 11.4 Å². The highest BCUT2D eigenvalue weighted by Crippen LogP contribution is 2.40. The predicted molar refractivity (Wildman–Crippen MR) is 121 cm³/mol. The van der Waals surface area contributed by atoms with Gasteiger partial charge in [0.2, 0.25) is 5.91 Å². The number of nitrogens with zero attached hydrogens (tertiary/aromatic N) is 3. The first-order chi connectivity index (χ1) is 14.3. The lowest BCUT2D eigenvalue weighted by Gasteiger charge is -2.30. The molecule has 7 heteroatoms. The third-order valence-electron chi connectivity index (χ3n) is 5.12. The van der Waals surface area contributed by atoms with Crippen LogP contribution in [-0.4, -0.2) is 28.0 Å². The Hall–Kier alpha value is -2.95. The van der Waals surface area contributed by atoms with E-state index in [4.69, 9.17) is 5.73 Å². The van der Waals surface area contributed by atoms with Gasteiger partial charge in [0, 0.05) is 5.56 Å². The average Bonchev–Trinajstić information content (AvgIpc) is 3.10. The number of aryl methyl sites for hydroxylation is 1. The van der Waals surface area contributed by atoms with Gasteiger partial charge in [-0.3, -0.25) is 4.79 Å². The highest BCUT2D eigenvalue weighted by atomic mass is 32.1. The van der Waals surface area contributed by atoms with Gasteiger partial charge in [0.1, 0.15) is 17.6 Å². The molecule has 1 aromatic heterocycles. The quantitative estimate of drug-likeness (QED) is 0.534. The Kier molecular flexibility index (Phi) is 6.70. The zero-order valence-electron chi connectivity index (χ0n) is 17.4. The summed E-state index contributed by atoms with van der Waals surface area (Å²) in [6.07, 6.45) is 0.565. The number of amides is 1. The van der Waals surface area contributed by atoms with Crippen LogP contribution in [0.3, 0.4) is 0 Å². The average molecular weight is 423 g/mol. The summed E-state index contributed by atoms with van der Waals surface area (Å²) in [5.41, 5.74) is 9.32. The summed E-state index contributed by atoms with van der Waals surface area (Å²) in [6, 6.07) is 13.6. The number of rotatable bonds is 8. The smallest absolute Gasteiger partial charge is 0.240 e. The number of carbonyl (C=O) groups is 1. The molecule has 0 aliphatic heterocycles. The maximum atomic E-state index is 12.2. The van der Waals surface area contributed by atoms with E-state index in [1.54, 1.807) is 4.90 Å². The van der Waals surface area contributed by atoms with E-state index < -0.39 is 11.9 Å². The van der Waals surface area contributed by atoms with E-state index in [9.17, 15) is 15.2 Å². The maximum absolute atomic E-state index is 12.2. The fourth-order valence-electron chi connectivity index (χ4n) is 3.68. The molecule has 0 aliphatic rings. The lowest BCUT2D eigenvalue weighted by molar-refractivity contribution is -0.119. The number of anilines is 1. The second kappa shape index (κ2) is 9.24. The fraction of sp³-hybridized carbons (Fsp3) is 0.348. The molecule has 0 fully saturated rings. The van der Waals surface area contributed by atoms with Crippen molar-refractivity contribution in [1.82, 2.24) is 4.37 Å². The van der Waals surface area contributed by atoms with Crippen molar-refractivity contribution in [1.29, 1.82) is 5.26 Å². The maximum Gasteiger partial charge on any atom is 0.240 e. The minimum absolute atomic E-state index is 0.00285. The molecule has 30 heavy (non-hydrogen) atoms. The van der Waals surface area contributed by atoms with Crippen LogP contribution in [-0.2, 0) is 11.4 Å². The van der Waals surface area contributed by atoms with Crippen molar-refractivity contribution in [3.63, 3.8) is 0 Å². The summed E-state index contributed by atoms with van der Waals surface area (Å²) in [7, 11) is 0. The van der Waals surface area contributed by atoms with E-state index in [2.05, 4.69) is 16.5 Å². The second-order valence-corrected chi connectivity index (χ2v) is 8.59. The number of aliphatic hydroxyl groups excluding tert-OH is 1. The van der Waals surface area contributed by atoms with Crippen LogP contribution >= 0.6 is 11.5 Å². The Bertz CT molecular complexity index is 1100.